The van der Waals surface area contributed by atoms with E-state index in [1.165, 1.54) is 0 Å². The second kappa shape index (κ2) is 7.81. The Kier molecular flexibility index (Phi) is 5.78. The Morgan fingerprint density at radius 3 is 2.86 bits per heavy atom. The highest BCUT2D eigenvalue weighted by molar-refractivity contribution is 6.29. The molecule has 2 aromatic rings. The molecule has 21 heavy (non-hydrogen) atoms. The predicted octanol–water partition coefficient (Wildman–Crippen LogP) is 3.29. The van der Waals surface area contributed by atoms with E-state index in [2.05, 4.69) is 15.3 Å². The van der Waals surface area contributed by atoms with Gasteiger partial charge in [-0.05, 0) is 24.6 Å². The van der Waals surface area contributed by atoms with Crippen LogP contribution in [0.4, 0.5) is 5.82 Å². The number of benzene rings is 1. The summed E-state index contributed by atoms with van der Waals surface area (Å²) in [7, 11) is 1.65. The molecule has 5 nitrogen and oxygen atoms in total. The average Bonchev–Trinajstić information content (AvgIpc) is 2.50. The smallest absolute Gasteiger partial charge is 0.158 e. The summed E-state index contributed by atoms with van der Waals surface area (Å²) < 4.78 is 10.5. The standard InChI is InChI=1S/C15H18ClN3O2/c1-3-21-10-15-18-13(16)8-14(19-15)17-9-11-5-4-6-12(7-11)20-2/h4-8H,3,9-10H2,1-2H3,(H,17,18,19). The van der Waals surface area contributed by atoms with Crippen LogP contribution in [0, 0.1) is 0 Å². The summed E-state index contributed by atoms with van der Waals surface area (Å²) in [5.74, 6) is 2.07. The molecule has 0 fully saturated rings. The highest BCUT2D eigenvalue weighted by atomic mass is 35.5. The zero-order chi connectivity index (χ0) is 15.1. The van der Waals surface area contributed by atoms with E-state index in [0.717, 1.165) is 11.3 Å². The molecule has 1 aromatic heterocycles. The molecule has 2 rings (SSSR count). The van der Waals surface area contributed by atoms with E-state index < -0.39 is 0 Å². The normalized spacial score (nSPS) is 10.4. The first-order chi connectivity index (χ1) is 10.2. The number of methoxy groups -OCH3 is 1. The minimum Gasteiger partial charge on any atom is -0.497 e. The molecule has 0 bridgehead atoms. The molecule has 0 atom stereocenters. The third-order valence-electron chi connectivity index (χ3n) is 2.78. The number of ether oxygens (including phenoxy) is 2. The zero-order valence-corrected chi connectivity index (χ0v) is 12.9. The number of nitrogens with zero attached hydrogens (tertiary/aromatic N) is 2. The predicted molar refractivity (Wildman–Crippen MR) is 82.7 cm³/mol. The lowest BCUT2D eigenvalue weighted by Gasteiger charge is -2.09. The van der Waals surface area contributed by atoms with Gasteiger partial charge in [-0.2, -0.15) is 0 Å². The van der Waals surface area contributed by atoms with Crippen LogP contribution in [-0.2, 0) is 17.9 Å². The van der Waals surface area contributed by atoms with E-state index in [1.807, 2.05) is 31.2 Å². The number of rotatable bonds is 7. The molecule has 112 valence electrons. The van der Waals surface area contributed by atoms with Gasteiger partial charge in [0.15, 0.2) is 5.82 Å². The van der Waals surface area contributed by atoms with Gasteiger partial charge < -0.3 is 14.8 Å². The lowest BCUT2D eigenvalue weighted by molar-refractivity contribution is 0.128. The maximum Gasteiger partial charge on any atom is 0.158 e. The molecule has 6 heteroatoms. The molecule has 0 saturated heterocycles. The van der Waals surface area contributed by atoms with Crippen LogP contribution in [0.5, 0.6) is 5.75 Å². The van der Waals surface area contributed by atoms with Crippen molar-refractivity contribution in [1.29, 1.82) is 0 Å². The Bertz CT molecular complexity index is 593. The van der Waals surface area contributed by atoms with Gasteiger partial charge in [0.2, 0.25) is 0 Å². The van der Waals surface area contributed by atoms with Crippen molar-refractivity contribution in [2.24, 2.45) is 0 Å². The van der Waals surface area contributed by atoms with Crippen LogP contribution < -0.4 is 10.1 Å². The van der Waals surface area contributed by atoms with Crippen molar-refractivity contribution in [1.82, 2.24) is 9.97 Å². The highest BCUT2D eigenvalue weighted by Gasteiger charge is 2.04. The molecule has 0 radical (unpaired) electrons. The van der Waals surface area contributed by atoms with Crippen molar-refractivity contribution in [3.05, 3.63) is 46.9 Å². The SMILES string of the molecule is CCOCc1nc(Cl)cc(NCc2cccc(OC)c2)n1. The fourth-order valence-corrected chi connectivity index (χ4v) is 1.99. The Morgan fingerprint density at radius 2 is 2.10 bits per heavy atom. The van der Waals surface area contributed by atoms with Gasteiger partial charge in [-0.1, -0.05) is 23.7 Å². The molecular formula is C15H18ClN3O2. The van der Waals surface area contributed by atoms with Crippen molar-refractivity contribution >= 4 is 17.4 Å². The molecule has 1 aromatic carbocycles. The van der Waals surface area contributed by atoms with Crippen molar-refractivity contribution < 1.29 is 9.47 Å². The fraction of sp³-hybridized carbons (Fsp3) is 0.333. The lowest BCUT2D eigenvalue weighted by Crippen LogP contribution is -2.06. The van der Waals surface area contributed by atoms with Gasteiger partial charge in [0.25, 0.3) is 0 Å². The minimum absolute atomic E-state index is 0.352. The van der Waals surface area contributed by atoms with Crippen LogP contribution >= 0.6 is 11.6 Å². The number of nitrogens with one attached hydrogen (secondary N) is 1. The van der Waals surface area contributed by atoms with Crippen molar-refractivity contribution in [2.75, 3.05) is 19.0 Å². The number of hydrogen-bond donors (Lipinski definition) is 1. The molecule has 0 aliphatic heterocycles. The molecular weight excluding hydrogens is 290 g/mol. The summed E-state index contributed by atoms with van der Waals surface area (Å²) in [4.78, 5) is 8.49. The van der Waals surface area contributed by atoms with Crippen LogP contribution in [0.15, 0.2) is 30.3 Å². The van der Waals surface area contributed by atoms with Gasteiger partial charge in [-0.15, -0.1) is 0 Å². The summed E-state index contributed by atoms with van der Waals surface area (Å²) in [5, 5.41) is 3.62. The van der Waals surface area contributed by atoms with Crippen LogP contribution in [0.25, 0.3) is 0 Å². The quantitative estimate of drug-likeness (QED) is 0.796. The molecule has 1 N–H and O–H groups in total. The largest absolute Gasteiger partial charge is 0.497 e. The Hall–Kier alpha value is -1.85. The van der Waals surface area contributed by atoms with Gasteiger partial charge in [0.1, 0.15) is 23.3 Å². The van der Waals surface area contributed by atoms with Crippen LogP contribution in [0.3, 0.4) is 0 Å². The average molecular weight is 308 g/mol. The number of aromatic nitrogens is 2. The van der Waals surface area contributed by atoms with E-state index in [4.69, 9.17) is 21.1 Å². The van der Waals surface area contributed by atoms with E-state index >= 15 is 0 Å². The number of halogens is 1. The van der Waals surface area contributed by atoms with Crippen molar-refractivity contribution in [3.63, 3.8) is 0 Å². The van der Waals surface area contributed by atoms with Crippen molar-refractivity contribution in [2.45, 2.75) is 20.1 Å². The molecule has 0 aliphatic carbocycles. The summed E-state index contributed by atoms with van der Waals surface area (Å²) in [6.45, 7) is 3.51. The number of hydrogen-bond acceptors (Lipinski definition) is 5. The minimum atomic E-state index is 0.352. The maximum atomic E-state index is 5.99. The molecule has 1 heterocycles. The first kappa shape index (κ1) is 15.5. The Labute approximate surface area is 129 Å². The van der Waals surface area contributed by atoms with Crippen molar-refractivity contribution in [3.8, 4) is 5.75 Å². The van der Waals surface area contributed by atoms with Gasteiger partial charge in [0.05, 0.1) is 7.11 Å². The first-order valence-electron chi connectivity index (χ1n) is 6.69. The maximum absolute atomic E-state index is 5.99. The zero-order valence-electron chi connectivity index (χ0n) is 12.1. The van der Waals surface area contributed by atoms with E-state index in [-0.39, 0.29) is 0 Å². The second-order valence-electron chi connectivity index (χ2n) is 4.33. The second-order valence-corrected chi connectivity index (χ2v) is 4.72. The summed E-state index contributed by atoms with van der Waals surface area (Å²) in [6, 6.07) is 9.53. The van der Waals surface area contributed by atoms with Crippen LogP contribution in [-0.4, -0.2) is 23.7 Å². The lowest BCUT2D eigenvalue weighted by atomic mass is 10.2. The third-order valence-corrected chi connectivity index (χ3v) is 2.98. The van der Waals surface area contributed by atoms with E-state index in [9.17, 15) is 0 Å². The van der Waals surface area contributed by atoms with Gasteiger partial charge >= 0.3 is 0 Å². The molecule has 0 aliphatic rings. The molecule has 0 amide bonds. The van der Waals surface area contributed by atoms with E-state index in [0.29, 0.717) is 36.6 Å². The third kappa shape index (κ3) is 4.88. The highest BCUT2D eigenvalue weighted by Crippen LogP contribution is 2.16. The number of anilines is 1. The summed E-state index contributed by atoms with van der Waals surface area (Å²) >= 11 is 5.99. The van der Waals surface area contributed by atoms with Crippen LogP contribution in [0.2, 0.25) is 5.15 Å². The fourth-order valence-electron chi connectivity index (χ4n) is 1.79. The topological polar surface area (TPSA) is 56.3 Å². The van der Waals surface area contributed by atoms with Crippen LogP contribution in [0.1, 0.15) is 18.3 Å². The Balaban J connectivity index is 2.03. The van der Waals surface area contributed by atoms with E-state index in [1.54, 1.807) is 13.2 Å². The molecule has 0 saturated carbocycles. The molecule has 0 spiro atoms. The van der Waals surface area contributed by atoms with Gasteiger partial charge in [0, 0.05) is 19.2 Å². The Morgan fingerprint density at radius 1 is 1.24 bits per heavy atom. The summed E-state index contributed by atoms with van der Waals surface area (Å²) in [6.07, 6.45) is 0. The monoisotopic (exact) mass is 307 g/mol. The summed E-state index contributed by atoms with van der Waals surface area (Å²) in [5.41, 5.74) is 1.09. The van der Waals surface area contributed by atoms with Gasteiger partial charge in [-0.25, -0.2) is 9.97 Å². The molecule has 0 unspecified atom stereocenters. The van der Waals surface area contributed by atoms with Gasteiger partial charge in [-0.3, -0.25) is 0 Å². The first-order valence-corrected chi connectivity index (χ1v) is 7.07.